The topological polar surface area (TPSA) is 84.9 Å². The molecule has 23 heavy (non-hydrogen) atoms. The van der Waals surface area contributed by atoms with Gasteiger partial charge in [0.15, 0.2) is 0 Å². The van der Waals surface area contributed by atoms with Crippen molar-refractivity contribution in [3.05, 3.63) is 29.8 Å². The predicted molar refractivity (Wildman–Crippen MR) is 82.5 cm³/mol. The summed E-state index contributed by atoms with van der Waals surface area (Å²) in [7, 11) is 0. The summed E-state index contributed by atoms with van der Waals surface area (Å²) < 4.78 is 11.2. The Labute approximate surface area is 134 Å². The molecule has 0 bridgehead atoms. The van der Waals surface area contributed by atoms with Crippen molar-refractivity contribution in [3.63, 3.8) is 0 Å². The molecule has 1 aromatic rings. The van der Waals surface area contributed by atoms with Crippen molar-refractivity contribution in [1.82, 2.24) is 5.32 Å². The first-order valence-electron chi connectivity index (χ1n) is 7.98. The molecule has 0 radical (unpaired) electrons. The second kappa shape index (κ2) is 6.58. The summed E-state index contributed by atoms with van der Waals surface area (Å²) >= 11 is 0. The van der Waals surface area contributed by atoms with Crippen LogP contribution in [0.2, 0.25) is 0 Å². The van der Waals surface area contributed by atoms with Crippen LogP contribution in [-0.4, -0.2) is 42.8 Å². The molecular formula is C17H21NO5. The number of carbonyl (C=O) groups is 2. The number of carboxylic acids is 1. The van der Waals surface area contributed by atoms with E-state index >= 15 is 0 Å². The van der Waals surface area contributed by atoms with Crippen LogP contribution in [0.3, 0.4) is 0 Å². The summed E-state index contributed by atoms with van der Waals surface area (Å²) in [6.07, 6.45) is 3.80. The maximum atomic E-state index is 12.5. The molecule has 6 heteroatoms. The van der Waals surface area contributed by atoms with Gasteiger partial charge in [0.25, 0.3) is 0 Å². The van der Waals surface area contributed by atoms with Gasteiger partial charge in [0.1, 0.15) is 12.4 Å². The number of carboxylic acid groups (broad SMARTS) is 1. The van der Waals surface area contributed by atoms with E-state index in [4.69, 9.17) is 14.6 Å². The quantitative estimate of drug-likeness (QED) is 0.782. The summed E-state index contributed by atoms with van der Waals surface area (Å²) in [5.74, 6) is -0.305. The zero-order valence-electron chi connectivity index (χ0n) is 12.9. The lowest BCUT2D eigenvalue weighted by atomic mass is 9.82. The summed E-state index contributed by atoms with van der Waals surface area (Å²) in [4.78, 5) is 23.2. The number of carbonyl (C=O) groups excluding carboxylic acids is 1. The van der Waals surface area contributed by atoms with E-state index in [0.29, 0.717) is 25.5 Å². The number of nitrogens with one attached hydrogen (secondary N) is 1. The lowest BCUT2D eigenvalue weighted by molar-refractivity contribution is -0.132. The summed E-state index contributed by atoms with van der Waals surface area (Å²) in [6.45, 7) is 1.44. The van der Waals surface area contributed by atoms with E-state index in [1.807, 2.05) is 0 Å². The fourth-order valence-corrected chi connectivity index (χ4v) is 3.53. The number of rotatable bonds is 6. The Morgan fingerprint density at radius 2 is 2.09 bits per heavy atom. The van der Waals surface area contributed by atoms with Crippen LogP contribution in [0.5, 0.6) is 5.75 Å². The van der Waals surface area contributed by atoms with E-state index in [0.717, 1.165) is 25.7 Å². The van der Waals surface area contributed by atoms with E-state index in [1.54, 1.807) is 12.1 Å². The molecule has 1 aliphatic heterocycles. The number of hydrogen-bond acceptors (Lipinski definition) is 4. The van der Waals surface area contributed by atoms with Crippen molar-refractivity contribution in [3.8, 4) is 5.75 Å². The van der Waals surface area contributed by atoms with Crippen molar-refractivity contribution in [2.45, 2.75) is 31.8 Å². The molecule has 0 unspecified atom stereocenters. The van der Waals surface area contributed by atoms with E-state index in [9.17, 15) is 9.59 Å². The first-order valence-corrected chi connectivity index (χ1v) is 7.98. The van der Waals surface area contributed by atoms with Gasteiger partial charge in [-0.1, -0.05) is 0 Å². The lowest BCUT2D eigenvalue weighted by Crippen LogP contribution is -2.44. The van der Waals surface area contributed by atoms with E-state index in [2.05, 4.69) is 5.32 Å². The van der Waals surface area contributed by atoms with E-state index in [-0.39, 0.29) is 23.0 Å². The van der Waals surface area contributed by atoms with Gasteiger partial charge in [-0.15, -0.1) is 0 Å². The summed E-state index contributed by atoms with van der Waals surface area (Å²) in [5, 5.41) is 11.8. The first kappa shape index (κ1) is 15.8. The minimum absolute atomic E-state index is 0.0716. The third kappa shape index (κ3) is 3.17. The van der Waals surface area contributed by atoms with Gasteiger partial charge < -0.3 is 19.9 Å². The molecule has 1 aromatic carbocycles. The molecule has 1 heterocycles. The summed E-state index contributed by atoms with van der Waals surface area (Å²) in [6, 6.07) is 6.21. The van der Waals surface area contributed by atoms with Crippen molar-refractivity contribution < 1.29 is 24.2 Å². The number of ether oxygens (including phenoxy) is 2. The molecule has 2 N–H and O–H groups in total. The second-order valence-electron chi connectivity index (χ2n) is 6.09. The van der Waals surface area contributed by atoms with Gasteiger partial charge in [-0.3, -0.25) is 4.79 Å². The Bertz CT molecular complexity index is 573. The minimum Gasteiger partial charge on any atom is -0.492 e. The molecule has 2 fully saturated rings. The predicted octanol–water partition coefficient (Wildman–Crippen LogP) is 1.84. The first-order chi connectivity index (χ1) is 11.1. The molecule has 0 spiro atoms. The van der Waals surface area contributed by atoms with Crippen LogP contribution in [0.4, 0.5) is 0 Å². The van der Waals surface area contributed by atoms with E-state index < -0.39 is 5.97 Å². The fourth-order valence-electron chi connectivity index (χ4n) is 3.53. The zero-order valence-corrected chi connectivity index (χ0v) is 12.9. The highest BCUT2D eigenvalue weighted by atomic mass is 16.5. The zero-order chi connectivity index (χ0) is 16.3. The average molecular weight is 319 g/mol. The van der Waals surface area contributed by atoms with Crippen molar-refractivity contribution in [2.75, 3.05) is 19.8 Å². The van der Waals surface area contributed by atoms with Gasteiger partial charge in [0, 0.05) is 6.61 Å². The molecule has 1 saturated carbocycles. The van der Waals surface area contributed by atoms with Gasteiger partial charge in [-0.2, -0.15) is 0 Å². The lowest BCUT2D eigenvalue weighted by Gasteiger charge is -2.26. The Kier molecular flexibility index (Phi) is 4.52. The molecule has 6 nitrogen and oxygen atoms in total. The second-order valence-corrected chi connectivity index (χ2v) is 6.09. The largest absolute Gasteiger partial charge is 0.492 e. The smallest absolute Gasteiger partial charge is 0.335 e. The van der Waals surface area contributed by atoms with Crippen LogP contribution in [-0.2, 0) is 9.53 Å². The molecule has 3 rings (SSSR count). The third-order valence-corrected chi connectivity index (χ3v) is 4.78. The molecular weight excluding hydrogens is 298 g/mol. The van der Waals surface area contributed by atoms with Crippen LogP contribution in [0.1, 0.15) is 36.0 Å². The highest BCUT2D eigenvalue weighted by Gasteiger charge is 2.52. The van der Waals surface area contributed by atoms with Crippen molar-refractivity contribution >= 4 is 11.9 Å². The van der Waals surface area contributed by atoms with Gasteiger partial charge >= 0.3 is 5.97 Å². The average Bonchev–Trinajstić information content (AvgIpc) is 3.12. The van der Waals surface area contributed by atoms with Crippen LogP contribution < -0.4 is 10.1 Å². The Hall–Kier alpha value is -2.08. The van der Waals surface area contributed by atoms with Crippen LogP contribution in [0.25, 0.3) is 0 Å². The van der Waals surface area contributed by atoms with Crippen molar-refractivity contribution in [1.29, 1.82) is 0 Å². The van der Waals surface area contributed by atoms with Gasteiger partial charge in [-0.25, -0.2) is 4.79 Å². The SMILES string of the molecule is O=C(O)c1ccc(OCCNC(=O)[C@]23CCC[C@H]2OCC3)cc1. The Morgan fingerprint density at radius 1 is 1.30 bits per heavy atom. The summed E-state index contributed by atoms with van der Waals surface area (Å²) in [5.41, 5.74) is -0.110. The Balaban J connectivity index is 1.44. The number of benzene rings is 1. The maximum Gasteiger partial charge on any atom is 0.335 e. The monoisotopic (exact) mass is 319 g/mol. The molecule has 1 amide bonds. The molecule has 124 valence electrons. The van der Waals surface area contributed by atoms with E-state index in [1.165, 1.54) is 12.1 Å². The van der Waals surface area contributed by atoms with Gasteiger partial charge in [-0.05, 0) is 49.9 Å². The number of fused-ring (bicyclic) bond motifs is 1. The number of hydrogen-bond donors (Lipinski definition) is 2. The molecule has 2 aliphatic rings. The fraction of sp³-hybridized carbons (Fsp3) is 0.529. The highest BCUT2D eigenvalue weighted by Crippen LogP contribution is 2.47. The number of aromatic carboxylic acids is 1. The molecule has 0 aromatic heterocycles. The minimum atomic E-state index is -0.965. The van der Waals surface area contributed by atoms with Crippen LogP contribution in [0.15, 0.2) is 24.3 Å². The molecule has 1 aliphatic carbocycles. The maximum absolute atomic E-state index is 12.5. The number of amides is 1. The Morgan fingerprint density at radius 3 is 2.83 bits per heavy atom. The van der Waals surface area contributed by atoms with Gasteiger partial charge in [0.2, 0.25) is 5.91 Å². The van der Waals surface area contributed by atoms with Gasteiger partial charge in [0.05, 0.1) is 23.6 Å². The standard InChI is InChI=1S/C17H21NO5/c19-15(20)12-3-5-13(6-4-12)22-11-9-18-16(21)17-7-1-2-14(17)23-10-8-17/h3-6,14H,1-2,7-11H2,(H,18,21)(H,19,20)/t14-,17+/m1/s1. The van der Waals surface area contributed by atoms with Crippen molar-refractivity contribution in [2.24, 2.45) is 5.41 Å². The third-order valence-electron chi connectivity index (χ3n) is 4.78. The van der Waals surface area contributed by atoms with Crippen LogP contribution in [0, 0.1) is 5.41 Å². The highest BCUT2D eigenvalue weighted by molar-refractivity contribution is 5.87. The molecule has 1 saturated heterocycles. The van der Waals surface area contributed by atoms with Crippen LogP contribution >= 0.6 is 0 Å². The molecule has 2 atom stereocenters. The normalized spacial score (nSPS) is 25.8.